The number of nitrogens with zero attached hydrogens (tertiary/aromatic N) is 3. The molecule has 0 aromatic heterocycles. The van der Waals surface area contributed by atoms with Crippen molar-refractivity contribution < 1.29 is 4.74 Å². The van der Waals surface area contributed by atoms with E-state index >= 15 is 0 Å². The van der Waals surface area contributed by atoms with Crippen molar-refractivity contribution in [2.24, 2.45) is 5.10 Å². The van der Waals surface area contributed by atoms with Crippen LogP contribution in [0, 0.1) is 0 Å². The number of likely N-dealkylation sites (tertiary alicyclic amines) is 1. The SMILES string of the molecule is CCCN1CCC2(CC1)Oc1c(Br)cc(Br)cc1[C@H]1CC(c3ccc4ccccc4c3)=NN12. The van der Waals surface area contributed by atoms with Gasteiger partial charge in [-0.25, -0.2) is 5.01 Å². The first-order valence-electron chi connectivity index (χ1n) is 11.8. The second-order valence-electron chi connectivity index (χ2n) is 9.37. The van der Waals surface area contributed by atoms with Crippen molar-refractivity contribution in [3.8, 4) is 5.75 Å². The molecular formula is C27H27Br2N3O. The van der Waals surface area contributed by atoms with E-state index in [-0.39, 0.29) is 6.04 Å². The third-order valence-corrected chi connectivity index (χ3v) is 8.32. The quantitative estimate of drug-likeness (QED) is 0.337. The molecule has 3 aromatic rings. The molecule has 3 aromatic carbocycles. The highest BCUT2D eigenvalue weighted by Crippen LogP contribution is 2.52. The second-order valence-corrected chi connectivity index (χ2v) is 11.1. The molecule has 6 rings (SSSR count). The zero-order valence-corrected chi connectivity index (χ0v) is 21.9. The van der Waals surface area contributed by atoms with E-state index in [1.807, 2.05) is 0 Å². The van der Waals surface area contributed by atoms with Crippen molar-refractivity contribution in [3.63, 3.8) is 0 Å². The highest BCUT2D eigenvalue weighted by molar-refractivity contribution is 9.11. The first kappa shape index (κ1) is 21.6. The summed E-state index contributed by atoms with van der Waals surface area (Å²) < 4.78 is 8.94. The van der Waals surface area contributed by atoms with Gasteiger partial charge in [0.05, 0.1) is 16.2 Å². The Balaban J connectivity index is 1.42. The zero-order valence-electron chi connectivity index (χ0n) is 18.7. The lowest BCUT2D eigenvalue weighted by molar-refractivity contribution is -0.150. The number of fused-ring (bicyclic) bond motifs is 5. The predicted molar refractivity (Wildman–Crippen MR) is 141 cm³/mol. The number of ether oxygens (including phenoxy) is 1. The van der Waals surface area contributed by atoms with Crippen molar-refractivity contribution in [1.29, 1.82) is 0 Å². The molecule has 0 amide bonds. The van der Waals surface area contributed by atoms with Crippen LogP contribution in [0.15, 0.2) is 68.6 Å². The molecule has 3 aliphatic heterocycles. The van der Waals surface area contributed by atoms with Gasteiger partial charge < -0.3 is 9.64 Å². The van der Waals surface area contributed by atoms with Crippen molar-refractivity contribution in [1.82, 2.24) is 9.91 Å². The van der Waals surface area contributed by atoms with Crippen molar-refractivity contribution >= 4 is 48.3 Å². The average Bonchev–Trinajstić information content (AvgIpc) is 3.28. The maximum atomic E-state index is 6.87. The van der Waals surface area contributed by atoms with Crippen LogP contribution < -0.4 is 4.74 Å². The Labute approximate surface area is 211 Å². The van der Waals surface area contributed by atoms with Crippen LogP contribution in [-0.2, 0) is 0 Å². The minimum atomic E-state index is -0.392. The molecule has 4 nitrogen and oxygen atoms in total. The Bertz CT molecular complexity index is 1250. The fourth-order valence-corrected chi connectivity index (χ4v) is 6.96. The predicted octanol–water partition coefficient (Wildman–Crippen LogP) is 7.11. The number of hydrazone groups is 1. The van der Waals surface area contributed by atoms with E-state index in [0.717, 1.165) is 59.3 Å². The number of rotatable bonds is 3. The largest absolute Gasteiger partial charge is 0.465 e. The molecule has 0 N–H and O–H groups in total. The van der Waals surface area contributed by atoms with Crippen LogP contribution in [-0.4, -0.2) is 41.0 Å². The lowest BCUT2D eigenvalue weighted by Gasteiger charge is -2.51. The van der Waals surface area contributed by atoms with E-state index in [0.29, 0.717) is 0 Å². The van der Waals surface area contributed by atoms with Crippen molar-refractivity contribution in [2.75, 3.05) is 19.6 Å². The molecule has 170 valence electrons. The summed E-state index contributed by atoms with van der Waals surface area (Å²) in [4.78, 5) is 2.56. The van der Waals surface area contributed by atoms with Gasteiger partial charge in [-0.3, -0.25) is 0 Å². The molecule has 0 bridgehead atoms. The fourth-order valence-electron chi connectivity index (χ4n) is 5.62. The summed E-state index contributed by atoms with van der Waals surface area (Å²) in [6.45, 7) is 5.49. The van der Waals surface area contributed by atoms with Gasteiger partial charge in [0.15, 0.2) is 0 Å². The third-order valence-electron chi connectivity index (χ3n) is 7.28. The minimum absolute atomic E-state index is 0.182. The maximum Gasteiger partial charge on any atom is 0.200 e. The number of hydrogen-bond acceptors (Lipinski definition) is 4. The smallest absolute Gasteiger partial charge is 0.200 e. The molecule has 6 heteroatoms. The first-order valence-corrected chi connectivity index (χ1v) is 13.4. The van der Waals surface area contributed by atoms with E-state index in [4.69, 9.17) is 9.84 Å². The molecule has 33 heavy (non-hydrogen) atoms. The standard InChI is InChI=1S/C27H27Br2N3O/c1-2-11-31-12-9-27(10-13-31)32-25(22-15-21(28)16-23(29)26(22)33-27)17-24(30-32)20-8-7-18-5-3-4-6-19(18)14-20/h3-8,14-16,25H,2,9-13,17H2,1H3/t25-/m1/s1. The Morgan fingerprint density at radius 3 is 2.61 bits per heavy atom. The monoisotopic (exact) mass is 567 g/mol. The van der Waals surface area contributed by atoms with Crippen LogP contribution in [0.4, 0.5) is 0 Å². The topological polar surface area (TPSA) is 28.1 Å². The van der Waals surface area contributed by atoms with Crippen LogP contribution in [0.5, 0.6) is 5.75 Å². The summed E-state index contributed by atoms with van der Waals surface area (Å²) >= 11 is 7.47. The lowest BCUT2D eigenvalue weighted by Crippen LogP contribution is -2.59. The van der Waals surface area contributed by atoms with Crippen LogP contribution in [0.25, 0.3) is 10.8 Å². The molecule has 1 saturated heterocycles. The summed E-state index contributed by atoms with van der Waals surface area (Å²) in [5, 5.41) is 10.1. The van der Waals surface area contributed by atoms with Crippen LogP contribution >= 0.6 is 31.9 Å². The molecule has 0 aliphatic carbocycles. The van der Waals surface area contributed by atoms with Gasteiger partial charge in [-0.2, -0.15) is 5.10 Å². The van der Waals surface area contributed by atoms with Crippen LogP contribution in [0.3, 0.4) is 0 Å². The van der Waals surface area contributed by atoms with Crippen LogP contribution in [0.2, 0.25) is 0 Å². The molecule has 0 unspecified atom stereocenters. The summed E-state index contributed by atoms with van der Waals surface area (Å²) in [6.07, 6.45) is 3.99. The highest BCUT2D eigenvalue weighted by atomic mass is 79.9. The molecule has 3 heterocycles. The van der Waals surface area contributed by atoms with E-state index in [9.17, 15) is 0 Å². The van der Waals surface area contributed by atoms with Crippen LogP contribution in [0.1, 0.15) is 49.8 Å². The normalized spacial score (nSPS) is 21.6. The summed E-state index contributed by atoms with van der Waals surface area (Å²) in [7, 11) is 0. The maximum absolute atomic E-state index is 6.87. The number of piperidine rings is 1. The van der Waals surface area contributed by atoms with E-state index in [1.54, 1.807) is 0 Å². The van der Waals surface area contributed by atoms with E-state index in [1.165, 1.54) is 28.3 Å². The Morgan fingerprint density at radius 2 is 1.82 bits per heavy atom. The zero-order chi connectivity index (χ0) is 22.6. The number of hydrogen-bond donors (Lipinski definition) is 0. The molecule has 3 aliphatic rings. The Morgan fingerprint density at radius 1 is 1.03 bits per heavy atom. The summed E-state index contributed by atoms with van der Waals surface area (Å²) in [5.74, 6) is 0.985. The number of halogens is 2. The molecule has 1 spiro atoms. The molecule has 0 saturated carbocycles. The van der Waals surface area contributed by atoms with Gasteiger partial charge in [0.1, 0.15) is 5.75 Å². The summed E-state index contributed by atoms with van der Waals surface area (Å²) in [6, 6.07) is 19.7. The molecular weight excluding hydrogens is 542 g/mol. The van der Waals surface area contributed by atoms with Crippen molar-refractivity contribution in [2.45, 2.75) is 44.4 Å². The average molecular weight is 569 g/mol. The van der Waals surface area contributed by atoms with Gasteiger partial charge >= 0.3 is 0 Å². The Hall–Kier alpha value is -1.89. The van der Waals surface area contributed by atoms with Gasteiger partial charge in [0.25, 0.3) is 0 Å². The number of benzene rings is 3. The van der Waals surface area contributed by atoms with Gasteiger partial charge in [-0.1, -0.05) is 59.3 Å². The summed E-state index contributed by atoms with van der Waals surface area (Å²) in [5.41, 5.74) is 3.17. The second kappa shape index (κ2) is 8.40. The molecule has 1 atom stereocenters. The lowest BCUT2D eigenvalue weighted by atomic mass is 9.90. The van der Waals surface area contributed by atoms with Gasteiger partial charge in [0.2, 0.25) is 5.72 Å². The van der Waals surface area contributed by atoms with Crippen molar-refractivity contribution in [3.05, 3.63) is 74.7 Å². The Kier molecular flexibility index (Phi) is 5.51. The third kappa shape index (κ3) is 3.71. The highest BCUT2D eigenvalue weighted by Gasteiger charge is 2.52. The van der Waals surface area contributed by atoms with Gasteiger partial charge in [0, 0.05) is 42.4 Å². The van der Waals surface area contributed by atoms with E-state index in [2.05, 4.69) is 103 Å². The van der Waals surface area contributed by atoms with Gasteiger partial charge in [-0.15, -0.1) is 0 Å². The fraction of sp³-hybridized carbons (Fsp3) is 0.370. The molecule has 1 fully saturated rings. The van der Waals surface area contributed by atoms with E-state index < -0.39 is 5.72 Å². The first-order chi connectivity index (χ1) is 16.1. The molecule has 0 radical (unpaired) electrons. The van der Waals surface area contributed by atoms with Gasteiger partial charge in [-0.05, 0) is 63.4 Å². The minimum Gasteiger partial charge on any atom is -0.465 e.